The number of benzene rings is 2. The van der Waals surface area contributed by atoms with Gasteiger partial charge in [-0.05, 0) is 35.6 Å². The fourth-order valence-electron chi connectivity index (χ4n) is 3.71. The first-order valence-electron chi connectivity index (χ1n) is 11.6. The zero-order chi connectivity index (χ0) is 23.6. The molecule has 3 rings (SSSR count). The van der Waals surface area contributed by atoms with Crippen molar-refractivity contribution < 1.29 is 19.1 Å². The number of nitrogens with one attached hydrogen (secondary N) is 1. The number of ether oxygens (including phenoxy) is 1. The van der Waals surface area contributed by atoms with Crippen molar-refractivity contribution in [3.8, 4) is 0 Å². The van der Waals surface area contributed by atoms with Crippen LogP contribution in [0.2, 0.25) is 0 Å². The van der Waals surface area contributed by atoms with Gasteiger partial charge in [0.05, 0.1) is 0 Å². The van der Waals surface area contributed by atoms with Crippen LogP contribution in [0.3, 0.4) is 0 Å². The number of carbonyl (C=O) groups is 3. The van der Waals surface area contributed by atoms with Gasteiger partial charge in [-0.1, -0.05) is 56.3 Å². The summed E-state index contributed by atoms with van der Waals surface area (Å²) >= 11 is 0. The van der Waals surface area contributed by atoms with Gasteiger partial charge >= 0.3 is 6.09 Å². The third kappa shape index (κ3) is 7.34. The van der Waals surface area contributed by atoms with Gasteiger partial charge in [-0.2, -0.15) is 0 Å². The highest BCUT2D eigenvalue weighted by atomic mass is 16.5. The maximum absolute atomic E-state index is 12.7. The van der Waals surface area contributed by atoms with E-state index in [1.807, 2.05) is 54.6 Å². The van der Waals surface area contributed by atoms with E-state index in [-0.39, 0.29) is 18.4 Å². The van der Waals surface area contributed by atoms with E-state index in [9.17, 15) is 14.4 Å². The van der Waals surface area contributed by atoms with Crippen LogP contribution >= 0.6 is 0 Å². The van der Waals surface area contributed by atoms with Crippen LogP contribution < -0.4 is 5.32 Å². The highest BCUT2D eigenvalue weighted by Crippen LogP contribution is 2.16. The Morgan fingerprint density at radius 3 is 2.18 bits per heavy atom. The summed E-state index contributed by atoms with van der Waals surface area (Å²) in [4.78, 5) is 40.6. The second-order valence-corrected chi connectivity index (χ2v) is 8.54. The molecule has 2 aromatic rings. The van der Waals surface area contributed by atoms with Gasteiger partial charge in [-0.15, -0.1) is 0 Å². The second kappa shape index (κ2) is 12.0. The average Bonchev–Trinajstić information content (AvgIpc) is 2.85. The Balaban J connectivity index is 1.32. The van der Waals surface area contributed by atoms with Gasteiger partial charge < -0.3 is 19.9 Å². The monoisotopic (exact) mass is 451 g/mol. The van der Waals surface area contributed by atoms with E-state index in [2.05, 4.69) is 19.2 Å². The molecule has 2 aromatic carbocycles. The number of nitrogens with zero attached hydrogens (tertiary/aromatic N) is 2. The Kier molecular flexibility index (Phi) is 8.87. The molecule has 1 N–H and O–H groups in total. The molecule has 33 heavy (non-hydrogen) atoms. The van der Waals surface area contributed by atoms with Crippen LogP contribution in [0.4, 0.5) is 4.79 Å². The summed E-state index contributed by atoms with van der Waals surface area (Å²) in [5.74, 6) is 0.484. The minimum atomic E-state index is -0.486. The zero-order valence-corrected chi connectivity index (χ0v) is 19.5. The summed E-state index contributed by atoms with van der Waals surface area (Å²) in [6, 6.07) is 17.2. The van der Waals surface area contributed by atoms with Crippen molar-refractivity contribution in [3.05, 3.63) is 71.3 Å². The molecular formula is C26H33N3O4. The van der Waals surface area contributed by atoms with E-state index < -0.39 is 6.09 Å². The highest BCUT2D eigenvalue weighted by Gasteiger charge is 2.24. The molecule has 7 heteroatoms. The van der Waals surface area contributed by atoms with Crippen molar-refractivity contribution in [2.45, 2.75) is 39.2 Å². The molecule has 0 unspecified atom stereocenters. The number of rotatable bonds is 8. The first kappa shape index (κ1) is 24.3. The van der Waals surface area contributed by atoms with Gasteiger partial charge in [0.1, 0.15) is 6.61 Å². The van der Waals surface area contributed by atoms with Gasteiger partial charge in [-0.25, -0.2) is 4.79 Å². The van der Waals surface area contributed by atoms with Gasteiger partial charge in [0, 0.05) is 44.7 Å². The van der Waals surface area contributed by atoms with Crippen molar-refractivity contribution in [2.24, 2.45) is 0 Å². The van der Waals surface area contributed by atoms with Crippen molar-refractivity contribution in [2.75, 3.05) is 32.7 Å². The van der Waals surface area contributed by atoms with Crippen molar-refractivity contribution in [1.82, 2.24) is 15.1 Å². The second-order valence-electron chi connectivity index (χ2n) is 8.54. The molecular weight excluding hydrogens is 418 g/mol. The molecule has 0 atom stereocenters. The topological polar surface area (TPSA) is 79.0 Å². The number of alkyl carbamates (subject to hydrolysis) is 1. The molecule has 1 saturated heterocycles. The Hall–Kier alpha value is -3.35. The zero-order valence-electron chi connectivity index (χ0n) is 19.5. The minimum Gasteiger partial charge on any atom is -0.445 e. The molecule has 1 fully saturated rings. The van der Waals surface area contributed by atoms with Crippen molar-refractivity contribution in [3.63, 3.8) is 0 Å². The van der Waals surface area contributed by atoms with Crippen LogP contribution in [0.25, 0.3) is 0 Å². The summed E-state index contributed by atoms with van der Waals surface area (Å²) < 4.78 is 5.16. The summed E-state index contributed by atoms with van der Waals surface area (Å²) in [5, 5.41) is 2.68. The largest absolute Gasteiger partial charge is 0.445 e. The Morgan fingerprint density at radius 1 is 0.909 bits per heavy atom. The predicted octanol–water partition coefficient (Wildman–Crippen LogP) is 3.80. The van der Waals surface area contributed by atoms with Crippen LogP contribution in [0.1, 0.15) is 54.1 Å². The number of hydrogen-bond donors (Lipinski definition) is 1. The molecule has 176 valence electrons. The molecule has 0 aliphatic carbocycles. The fraction of sp³-hybridized carbons (Fsp3) is 0.423. The third-order valence-electron chi connectivity index (χ3n) is 5.79. The predicted molar refractivity (Wildman–Crippen MR) is 127 cm³/mol. The molecule has 1 heterocycles. The van der Waals surface area contributed by atoms with Gasteiger partial charge in [0.2, 0.25) is 5.91 Å². The number of amides is 3. The van der Waals surface area contributed by atoms with Crippen LogP contribution in [-0.4, -0.2) is 60.4 Å². The van der Waals surface area contributed by atoms with Gasteiger partial charge in [-0.3, -0.25) is 9.59 Å². The lowest BCUT2D eigenvalue weighted by molar-refractivity contribution is -0.132. The third-order valence-corrected chi connectivity index (χ3v) is 5.79. The smallest absolute Gasteiger partial charge is 0.407 e. The van der Waals surface area contributed by atoms with Crippen molar-refractivity contribution in [1.29, 1.82) is 0 Å². The van der Waals surface area contributed by atoms with E-state index in [0.717, 1.165) is 5.56 Å². The Morgan fingerprint density at radius 2 is 1.55 bits per heavy atom. The molecule has 1 aliphatic rings. The molecule has 0 saturated carbocycles. The Labute approximate surface area is 195 Å². The molecule has 1 aliphatic heterocycles. The van der Waals surface area contributed by atoms with Crippen LogP contribution in [-0.2, 0) is 16.1 Å². The van der Waals surface area contributed by atoms with E-state index >= 15 is 0 Å². The van der Waals surface area contributed by atoms with Crippen molar-refractivity contribution >= 4 is 17.9 Å². The number of piperazine rings is 1. The lowest BCUT2D eigenvalue weighted by Crippen LogP contribution is -2.50. The standard InChI is InChI=1S/C26H33N3O4/c1-20(2)22-10-12-23(13-11-22)25(31)29-17-15-28(16-18-29)24(30)9-6-14-27-26(32)33-19-21-7-4-3-5-8-21/h3-5,7-8,10-13,20H,6,9,14-19H2,1-2H3,(H,27,32). The maximum atomic E-state index is 12.7. The summed E-state index contributed by atoms with van der Waals surface area (Å²) in [6.07, 6.45) is 0.407. The molecule has 0 radical (unpaired) electrons. The van der Waals surface area contributed by atoms with E-state index in [0.29, 0.717) is 57.0 Å². The molecule has 7 nitrogen and oxygen atoms in total. The SMILES string of the molecule is CC(C)c1ccc(C(=O)N2CCN(C(=O)CCCNC(=O)OCc3ccccc3)CC2)cc1. The van der Waals surface area contributed by atoms with E-state index in [1.165, 1.54) is 5.56 Å². The molecule has 0 spiro atoms. The normalized spacial score (nSPS) is 13.7. The minimum absolute atomic E-state index is 0.00983. The quantitative estimate of drug-likeness (QED) is 0.619. The molecule has 0 bridgehead atoms. The van der Waals surface area contributed by atoms with Crippen LogP contribution in [0, 0.1) is 0 Å². The summed E-state index contributed by atoms with van der Waals surface area (Å²) in [5.41, 5.74) is 2.82. The van der Waals surface area contributed by atoms with Gasteiger partial charge in [0.25, 0.3) is 5.91 Å². The lowest BCUT2D eigenvalue weighted by Gasteiger charge is -2.35. The van der Waals surface area contributed by atoms with E-state index in [4.69, 9.17) is 4.74 Å². The number of carbonyl (C=O) groups excluding carboxylic acids is 3. The highest BCUT2D eigenvalue weighted by molar-refractivity contribution is 5.94. The average molecular weight is 452 g/mol. The first-order valence-corrected chi connectivity index (χ1v) is 11.6. The van der Waals surface area contributed by atoms with E-state index in [1.54, 1.807) is 9.80 Å². The molecule has 0 aromatic heterocycles. The summed E-state index contributed by atoms with van der Waals surface area (Å²) in [7, 11) is 0. The Bertz CT molecular complexity index is 920. The summed E-state index contributed by atoms with van der Waals surface area (Å²) in [6.45, 7) is 6.96. The number of hydrogen-bond acceptors (Lipinski definition) is 4. The lowest BCUT2D eigenvalue weighted by atomic mass is 10.0. The first-order chi connectivity index (χ1) is 15.9. The van der Waals surface area contributed by atoms with Crippen LogP contribution in [0.15, 0.2) is 54.6 Å². The molecule has 3 amide bonds. The van der Waals surface area contributed by atoms with Gasteiger partial charge in [0.15, 0.2) is 0 Å². The van der Waals surface area contributed by atoms with Crippen LogP contribution in [0.5, 0.6) is 0 Å². The fourth-order valence-corrected chi connectivity index (χ4v) is 3.71. The maximum Gasteiger partial charge on any atom is 0.407 e.